The number of rotatable bonds is 6. The van der Waals surface area contributed by atoms with Crippen LogP contribution in [-0.2, 0) is 38.2 Å². The largest absolute Gasteiger partial charge is 0.476 e. The highest BCUT2D eigenvalue weighted by Crippen LogP contribution is 2.59. The zero-order chi connectivity index (χ0) is 20.1. The first-order chi connectivity index (χ1) is 12.5. The molecule has 0 aromatic carbocycles. The van der Waals surface area contributed by atoms with Gasteiger partial charge in [0.2, 0.25) is 5.78 Å². The van der Waals surface area contributed by atoms with Crippen LogP contribution in [0.5, 0.6) is 0 Å². The SMILES string of the molecule is CC(C)(C)OC(=O)C1C2CC3C(OC(=O)C31)C2OC(=O)CCC(=O)C(=O)O. The molecule has 3 fully saturated rings. The molecule has 27 heavy (non-hydrogen) atoms. The summed E-state index contributed by atoms with van der Waals surface area (Å²) in [6.07, 6.45) is -1.75. The fourth-order valence-electron chi connectivity index (χ4n) is 4.37. The van der Waals surface area contributed by atoms with Gasteiger partial charge < -0.3 is 19.3 Å². The molecule has 1 N–H and O–H groups in total. The molecule has 0 radical (unpaired) electrons. The van der Waals surface area contributed by atoms with Crippen molar-refractivity contribution in [2.75, 3.05) is 0 Å². The Morgan fingerprint density at radius 2 is 1.81 bits per heavy atom. The lowest BCUT2D eigenvalue weighted by Gasteiger charge is -2.32. The van der Waals surface area contributed by atoms with Gasteiger partial charge in [-0.15, -0.1) is 0 Å². The minimum absolute atomic E-state index is 0.210. The van der Waals surface area contributed by atoms with Gasteiger partial charge in [0.1, 0.15) is 17.8 Å². The van der Waals surface area contributed by atoms with E-state index in [-0.39, 0.29) is 12.3 Å². The molecule has 9 heteroatoms. The average molecular weight is 382 g/mol. The van der Waals surface area contributed by atoms with Crippen molar-refractivity contribution in [3.05, 3.63) is 0 Å². The molecule has 2 saturated carbocycles. The standard InChI is InChI=1S/C18H22O9/c1-18(2,3)27-17(24)12-8-6-7-11(12)16(23)26-14(7)13(8)25-10(20)5-4-9(19)15(21)22/h7-8,11-14H,4-6H2,1-3H3,(H,21,22). The van der Waals surface area contributed by atoms with Crippen molar-refractivity contribution in [2.24, 2.45) is 23.7 Å². The quantitative estimate of drug-likeness (QED) is 0.395. The number of carbonyl (C=O) groups excluding carboxylic acids is 4. The van der Waals surface area contributed by atoms with Crippen molar-refractivity contribution in [3.8, 4) is 0 Å². The number of carboxylic acid groups (broad SMARTS) is 1. The molecule has 2 aliphatic carbocycles. The predicted octanol–water partition coefficient (Wildman–Crippen LogP) is 0.481. The Hall–Kier alpha value is -2.45. The van der Waals surface area contributed by atoms with E-state index in [1.807, 2.05) is 0 Å². The van der Waals surface area contributed by atoms with E-state index in [1.54, 1.807) is 20.8 Å². The summed E-state index contributed by atoms with van der Waals surface area (Å²) in [4.78, 5) is 58.5. The van der Waals surface area contributed by atoms with Crippen LogP contribution in [0.15, 0.2) is 0 Å². The molecule has 3 aliphatic rings. The van der Waals surface area contributed by atoms with Crippen LogP contribution < -0.4 is 0 Å². The number of ether oxygens (including phenoxy) is 3. The van der Waals surface area contributed by atoms with Gasteiger partial charge in [-0.25, -0.2) is 4.79 Å². The lowest BCUT2D eigenvalue weighted by atomic mass is 9.78. The molecular formula is C18H22O9. The first-order valence-corrected chi connectivity index (χ1v) is 8.88. The Kier molecular flexibility index (Phi) is 4.73. The van der Waals surface area contributed by atoms with Crippen molar-refractivity contribution in [3.63, 3.8) is 0 Å². The molecule has 1 heterocycles. The second-order valence-corrected chi connectivity index (χ2v) is 8.23. The number of carboxylic acids is 1. The zero-order valence-corrected chi connectivity index (χ0v) is 15.3. The Morgan fingerprint density at radius 1 is 1.15 bits per heavy atom. The summed E-state index contributed by atoms with van der Waals surface area (Å²) in [7, 11) is 0. The number of hydrogen-bond donors (Lipinski definition) is 1. The van der Waals surface area contributed by atoms with E-state index >= 15 is 0 Å². The smallest absolute Gasteiger partial charge is 0.372 e. The molecule has 2 bridgehead atoms. The second kappa shape index (κ2) is 6.61. The van der Waals surface area contributed by atoms with E-state index in [0.717, 1.165) is 0 Å². The molecule has 1 aliphatic heterocycles. The van der Waals surface area contributed by atoms with Crippen molar-refractivity contribution < 1.29 is 43.3 Å². The number of ketones is 1. The van der Waals surface area contributed by atoms with Crippen LogP contribution in [0.1, 0.15) is 40.0 Å². The first-order valence-electron chi connectivity index (χ1n) is 8.88. The number of Topliss-reactive ketones (excluding diaryl/α,β-unsaturated/α-hetero) is 1. The third-order valence-corrected chi connectivity index (χ3v) is 5.29. The van der Waals surface area contributed by atoms with Crippen LogP contribution in [-0.4, -0.2) is 52.6 Å². The van der Waals surface area contributed by atoms with Gasteiger partial charge in [-0.2, -0.15) is 0 Å². The van der Waals surface area contributed by atoms with Gasteiger partial charge in [-0.05, 0) is 27.2 Å². The topological polar surface area (TPSA) is 133 Å². The van der Waals surface area contributed by atoms with E-state index in [2.05, 4.69) is 0 Å². The highest BCUT2D eigenvalue weighted by atomic mass is 16.6. The summed E-state index contributed by atoms with van der Waals surface area (Å²) in [6.45, 7) is 5.18. The van der Waals surface area contributed by atoms with Gasteiger partial charge in [0, 0.05) is 18.3 Å². The molecule has 6 atom stereocenters. The van der Waals surface area contributed by atoms with E-state index in [4.69, 9.17) is 19.3 Å². The van der Waals surface area contributed by atoms with Crippen molar-refractivity contribution in [1.82, 2.24) is 0 Å². The van der Waals surface area contributed by atoms with E-state index in [0.29, 0.717) is 6.42 Å². The molecule has 0 spiro atoms. The fraction of sp³-hybridized carbons (Fsp3) is 0.722. The van der Waals surface area contributed by atoms with Crippen LogP contribution in [0, 0.1) is 23.7 Å². The third kappa shape index (κ3) is 3.54. The maximum absolute atomic E-state index is 12.6. The Balaban J connectivity index is 1.70. The second-order valence-electron chi connectivity index (χ2n) is 8.23. The summed E-state index contributed by atoms with van der Waals surface area (Å²) in [5.41, 5.74) is -0.718. The normalized spacial score (nSPS) is 33.5. The number of hydrogen-bond acceptors (Lipinski definition) is 8. The number of aliphatic carboxylic acids is 1. The van der Waals surface area contributed by atoms with Gasteiger partial charge in [0.25, 0.3) is 0 Å². The maximum atomic E-state index is 12.6. The van der Waals surface area contributed by atoms with Crippen molar-refractivity contribution >= 4 is 29.7 Å². The monoisotopic (exact) mass is 382 g/mol. The molecule has 1 saturated heterocycles. The fourth-order valence-corrected chi connectivity index (χ4v) is 4.37. The van der Waals surface area contributed by atoms with Crippen LogP contribution in [0.3, 0.4) is 0 Å². The minimum atomic E-state index is -1.61. The summed E-state index contributed by atoms with van der Waals surface area (Å²) >= 11 is 0. The molecule has 6 unspecified atom stereocenters. The van der Waals surface area contributed by atoms with E-state index < -0.39 is 71.6 Å². The summed E-state index contributed by atoms with van der Waals surface area (Å²) in [5.74, 6) is -6.38. The molecule has 9 nitrogen and oxygen atoms in total. The zero-order valence-electron chi connectivity index (χ0n) is 15.3. The van der Waals surface area contributed by atoms with Crippen LogP contribution in [0.2, 0.25) is 0 Å². The summed E-state index contributed by atoms with van der Waals surface area (Å²) in [5, 5.41) is 8.56. The minimum Gasteiger partial charge on any atom is -0.476 e. The maximum Gasteiger partial charge on any atom is 0.372 e. The lowest BCUT2D eigenvalue weighted by Crippen LogP contribution is -2.45. The number of fused-ring (bicyclic) bond motifs is 1. The van der Waals surface area contributed by atoms with E-state index in [9.17, 15) is 24.0 Å². The van der Waals surface area contributed by atoms with Crippen LogP contribution in [0.4, 0.5) is 0 Å². The summed E-state index contributed by atoms with van der Waals surface area (Å²) < 4.78 is 16.2. The summed E-state index contributed by atoms with van der Waals surface area (Å²) in [6, 6.07) is 0. The van der Waals surface area contributed by atoms with Crippen LogP contribution in [0.25, 0.3) is 0 Å². The average Bonchev–Trinajstić information content (AvgIpc) is 3.14. The molecule has 3 rings (SSSR count). The van der Waals surface area contributed by atoms with Gasteiger partial charge in [0.15, 0.2) is 0 Å². The van der Waals surface area contributed by atoms with Gasteiger partial charge in [-0.1, -0.05) is 0 Å². The number of carbonyl (C=O) groups is 5. The van der Waals surface area contributed by atoms with Gasteiger partial charge >= 0.3 is 23.9 Å². The highest BCUT2D eigenvalue weighted by molar-refractivity contribution is 6.32. The molecule has 0 aromatic rings. The molecule has 0 amide bonds. The molecule has 0 aromatic heterocycles. The first kappa shape index (κ1) is 19.3. The lowest BCUT2D eigenvalue weighted by molar-refractivity contribution is -0.171. The van der Waals surface area contributed by atoms with E-state index in [1.165, 1.54) is 0 Å². The van der Waals surface area contributed by atoms with Gasteiger partial charge in [0.05, 0.1) is 18.3 Å². The Bertz CT molecular complexity index is 704. The number of esters is 3. The predicted molar refractivity (Wildman–Crippen MR) is 86.1 cm³/mol. The Labute approximate surface area is 155 Å². The highest BCUT2D eigenvalue weighted by Gasteiger charge is 2.70. The van der Waals surface area contributed by atoms with Crippen molar-refractivity contribution in [1.29, 1.82) is 0 Å². The molecule has 148 valence electrons. The molecular weight excluding hydrogens is 360 g/mol. The van der Waals surface area contributed by atoms with Crippen molar-refractivity contribution in [2.45, 2.75) is 57.8 Å². The van der Waals surface area contributed by atoms with Gasteiger partial charge in [-0.3, -0.25) is 19.2 Å². The Morgan fingerprint density at radius 3 is 2.41 bits per heavy atom. The van der Waals surface area contributed by atoms with Crippen LogP contribution >= 0.6 is 0 Å². The third-order valence-electron chi connectivity index (χ3n) is 5.29.